The third-order valence-electron chi connectivity index (χ3n) is 5.64. The largest absolute Gasteiger partial charge is 0.456 e. The van der Waals surface area contributed by atoms with Crippen molar-refractivity contribution in [3.05, 3.63) is 83.4 Å². The molecule has 1 aliphatic rings. The average Bonchev–Trinajstić information content (AvgIpc) is 2.79. The van der Waals surface area contributed by atoms with Crippen LogP contribution in [0.4, 0.5) is 0 Å². The molecule has 0 aromatic heterocycles. The van der Waals surface area contributed by atoms with Gasteiger partial charge in [0.2, 0.25) is 10.0 Å². The Labute approximate surface area is 194 Å². The maximum atomic E-state index is 13.6. The lowest BCUT2D eigenvalue weighted by Gasteiger charge is -2.34. The summed E-state index contributed by atoms with van der Waals surface area (Å²) in [6.07, 6.45) is 0. The highest BCUT2D eigenvalue weighted by Gasteiger charge is 2.31. The zero-order valence-electron chi connectivity index (χ0n) is 18.8. The molecule has 0 saturated carbocycles. The molecule has 1 saturated heterocycles. The fraction of sp³-hybridized carbons (Fsp3) is 0.280. The van der Waals surface area contributed by atoms with Crippen LogP contribution in [0.5, 0.6) is 17.2 Å². The molecular weight excluding hydrogens is 440 g/mol. The average molecular weight is 469 g/mol. The molecule has 0 bridgehead atoms. The van der Waals surface area contributed by atoms with Crippen molar-refractivity contribution >= 4 is 10.0 Å². The molecule has 174 valence electrons. The highest BCUT2D eigenvalue weighted by atomic mass is 32.2. The van der Waals surface area contributed by atoms with Crippen LogP contribution >= 0.6 is 0 Å². The van der Waals surface area contributed by atoms with Crippen molar-refractivity contribution in [3.8, 4) is 17.2 Å². The second-order valence-electron chi connectivity index (χ2n) is 8.29. The van der Waals surface area contributed by atoms with Gasteiger partial charge in [-0.15, -0.1) is 0 Å². The number of sulfonamides is 1. The maximum absolute atomic E-state index is 13.6. The number of hydrogen-bond donors (Lipinski definition) is 1. The van der Waals surface area contributed by atoms with E-state index in [0.717, 1.165) is 17.7 Å². The van der Waals surface area contributed by atoms with Crippen LogP contribution in [0.3, 0.4) is 0 Å². The summed E-state index contributed by atoms with van der Waals surface area (Å²) < 4.78 is 34.6. The van der Waals surface area contributed by atoms with Crippen molar-refractivity contribution in [3.63, 3.8) is 0 Å². The predicted octanol–water partition coefficient (Wildman–Crippen LogP) is 4.45. The van der Waals surface area contributed by atoms with E-state index in [9.17, 15) is 8.42 Å². The van der Waals surface area contributed by atoms with Crippen molar-refractivity contribution < 1.29 is 23.3 Å². The normalized spacial score (nSPS) is 15.4. The number of rotatable bonds is 7. The monoisotopic (exact) mass is 468 g/mol. The molecule has 0 unspecified atom stereocenters. The Kier molecular flexibility index (Phi) is 6.99. The van der Waals surface area contributed by atoms with Gasteiger partial charge in [0.15, 0.2) is 5.75 Å². The van der Waals surface area contributed by atoms with E-state index in [2.05, 4.69) is 21.9 Å². The second kappa shape index (κ2) is 9.93. The first-order chi connectivity index (χ1) is 15.8. The van der Waals surface area contributed by atoms with E-state index in [1.807, 2.05) is 50.2 Å². The van der Waals surface area contributed by atoms with E-state index in [4.69, 9.17) is 9.99 Å². The molecule has 4 rings (SSSR count). The summed E-state index contributed by atoms with van der Waals surface area (Å²) in [6.45, 7) is 6.66. The molecule has 0 atom stereocenters. The highest BCUT2D eigenvalue weighted by Crippen LogP contribution is 2.35. The van der Waals surface area contributed by atoms with E-state index in [0.29, 0.717) is 31.9 Å². The van der Waals surface area contributed by atoms with Gasteiger partial charge in [-0.05, 0) is 54.8 Å². The van der Waals surface area contributed by atoms with Gasteiger partial charge in [0.1, 0.15) is 16.4 Å². The molecule has 33 heavy (non-hydrogen) atoms. The Morgan fingerprint density at radius 2 is 1.52 bits per heavy atom. The van der Waals surface area contributed by atoms with Crippen LogP contribution in [-0.4, -0.2) is 49.1 Å². The molecule has 0 radical (unpaired) electrons. The maximum Gasteiger partial charge on any atom is 0.247 e. The fourth-order valence-corrected chi connectivity index (χ4v) is 5.61. The first-order valence-corrected chi connectivity index (χ1v) is 12.3. The minimum Gasteiger partial charge on any atom is -0.456 e. The summed E-state index contributed by atoms with van der Waals surface area (Å²) in [7, 11) is -3.87. The van der Waals surface area contributed by atoms with Gasteiger partial charge >= 0.3 is 0 Å². The third kappa shape index (κ3) is 5.54. The lowest BCUT2D eigenvalue weighted by molar-refractivity contribution is -0.137. The molecule has 1 fully saturated rings. The Hall–Kier alpha value is -2.91. The number of aryl methyl sites for hydroxylation is 2. The second-order valence-corrected chi connectivity index (χ2v) is 10.2. The van der Waals surface area contributed by atoms with Gasteiger partial charge in [-0.2, -0.15) is 4.31 Å². The zero-order chi connectivity index (χ0) is 23.4. The molecule has 3 aromatic rings. The third-order valence-corrected chi connectivity index (χ3v) is 7.56. The van der Waals surface area contributed by atoms with E-state index in [1.54, 1.807) is 0 Å². The summed E-state index contributed by atoms with van der Waals surface area (Å²) in [5.74, 6) is 0.769. The van der Waals surface area contributed by atoms with Crippen LogP contribution in [0.25, 0.3) is 0 Å². The van der Waals surface area contributed by atoms with Gasteiger partial charge in [-0.3, -0.25) is 4.90 Å². The summed E-state index contributed by atoms with van der Waals surface area (Å²) in [5, 5.41) is 9.11. The fourth-order valence-electron chi connectivity index (χ4n) is 4.06. The Balaban J connectivity index is 1.55. The molecule has 1 heterocycles. The van der Waals surface area contributed by atoms with Gasteiger partial charge in [0.05, 0.1) is 0 Å². The summed E-state index contributed by atoms with van der Waals surface area (Å²) in [5.41, 5.74) is 3.23. The van der Waals surface area contributed by atoms with Gasteiger partial charge < -0.3 is 9.62 Å². The first-order valence-electron chi connectivity index (χ1n) is 10.8. The van der Waals surface area contributed by atoms with E-state index in [1.165, 1.54) is 28.1 Å². The van der Waals surface area contributed by atoms with Crippen molar-refractivity contribution in [2.75, 3.05) is 26.2 Å². The van der Waals surface area contributed by atoms with Crippen molar-refractivity contribution in [2.45, 2.75) is 25.3 Å². The van der Waals surface area contributed by atoms with Gasteiger partial charge in [0, 0.05) is 38.8 Å². The van der Waals surface area contributed by atoms with Crippen LogP contribution < -0.4 is 9.62 Å². The zero-order valence-corrected chi connectivity index (χ0v) is 19.6. The van der Waals surface area contributed by atoms with Gasteiger partial charge in [-0.25, -0.2) is 13.7 Å². The minimum absolute atomic E-state index is 0.0315. The number of nitrogens with zero attached hydrogens (tertiary/aromatic N) is 2. The molecule has 7 nitrogen and oxygen atoms in total. The number of benzene rings is 3. The molecule has 1 N–H and O–H groups in total. The minimum atomic E-state index is -3.87. The van der Waals surface area contributed by atoms with Crippen LogP contribution in [0.15, 0.2) is 71.6 Å². The Morgan fingerprint density at radius 1 is 0.848 bits per heavy atom. The molecule has 3 aromatic carbocycles. The molecule has 0 aliphatic carbocycles. The van der Waals surface area contributed by atoms with Gasteiger partial charge in [-0.1, -0.05) is 36.4 Å². The summed E-state index contributed by atoms with van der Waals surface area (Å²) in [4.78, 5) is 6.52. The van der Waals surface area contributed by atoms with Crippen LogP contribution in [-0.2, 0) is 16.6 Å². The highest BCUT2D eigenvalue weighted by molar-refractivity contribution is 7.89. The number of piperazine rings is 1. The number of ether oxygens (including phenoxy) is 1. The van der Waals surface area contributed by atoms with Crippen molar-refractivity contribution in [1.82, 2.24) is 9.21 Å². The molecule has 0 spiro atoms. The van der Waals surface area contributed by atoms with E-state index >= 15 is 0 Å². The van der Waals surface area contributed by atoms with Crippen LogP contribution in [0.1, 0.15) is 16.7 Å². The predicted molar refractivity (Wildman–Crippen MR) is 126 cm³/mol. The first kappa shape index (κ1) is 23.3. The number of hydrogen-bond acceptors (Lipinski definition) is 6. The van der Waals surface area contributed by atoms with Crippen molar-refractivity contribution in [1.29, 1.82) is 0 Å². The van der Waals surface area contributed by atoms with Crippen LogP contribution in [0, 0.1) is 13.8 Å². The Bertz CT molecular complexity index is 1190. The molecular formula is C25H28N2O5S. The van der Waals surface area contributed by atoms with Gasteiger partial charge in [0.25, 0.3) is 0 Å². The summed E-state index contributed by atoms with van der Waals surface area (Å²) >= 11 is 0. The molecule has 1 aliphatic heterocycles. The van der Waals surface area contributed by atoms with Crippen LogP contribution in [0.2, 0.25) is 0 Å². The lowest BCUT2D eigenvalue weighted by Crippen LogP contribution is -2.48. The Morgan fingerprint density at radius 3 is 2.15 bits per heavy atom. The molecule has 8 heteroatoms. The topological polar surface area (TPSA) is 79.3 Å². The SMILES string of the molecule is Cc1cc(C)cc(Oc2ccc(OO)cc2S(=O)(=O)N2CCN(Cc3ccccc3)CC2)c1. The molecule has 0 amide bonds. The standard InChI is InChI=1S/C25H28N2O5S/c1-19-14-20(2)16-23(15-19)31-24-9-8-22(32-28)17-25(24)33(29,30)27-12-10-26(11-13-27)18-21-6-4-3-5-7-21/h3-9,14-17,28H,10-13,18H2,1-2H3. The van der Waals surface area contributed by atoms with Crippen molar-refractivity contribution in [2.24, 2.45) is 0 Å². The quantitative estimate of drug-likeness (QED) is 0.408. The smallest absolute Gasteiger partial charge is 0.247 e. The summed E-state index contributed by atoms with van der Waals surface area (Å²) in [6, 6.07) is 20.1. The van der Waals surface area contributed by atoms with E-state index in [-0.39, 0.29) is 16.4 Å². The van der Waals surface area contributed by atoms with E-state index < -0.39 is 10.0 Å². The lowest BCUT2D eigenvalue weighted by atomic mass is 10.1.